The zero-order valence-electron chi connectivity index (χ0n) is 17.2. The second-order valence-corrected chi connectivity index (χ2v) is 8.72. The van der Waals surface area contributed by atoms with Gasteiger partial charge in [0.25, 0.3) is 5.91 Å². The van der Waals surface area contributed by atoms with Crippen LogP contribution in [0.4, 0.5) is 0 Å². The number of benzene rings is 2. The van der Waals surface area contributed by atoms with Crippen LogP contribution in [0.2, 0.25) is 5.02 Å². The minimum Gasteiger partial charge on any atom is -0.489 e. The normalized spacial score (nSPS) is 14.6. The van der Waals surface area contributed by atoms with Gasteiger partial charge in [-0.25, -0.2) is 0 Å². The van der Waals surface area contributed by atoms with Crippen molar-refractivity contribution in [3.8, 4) is 5.75 Å². The summed E-state index contributed by atoms with van der Waals surface area (Å²) in [5, 5.41) is 0.666. The molecule has 0 aromatic heterocycles. The van der Waals surface area contributed by atoms with Crippen LogP contribution < -0.4 is 4.74 Å². The second kappa shape index (κ2) is 8.87. The molecule has 0 spiro atoms. The van der Waals surface area contributed by atoms with Crippen molar-refractivity contribution in [1.82, 2.24) is 9.80 Å². The Balaban J connectivity index is 1.59. The van der Waals surface area contributed by atoms with Gasteiger partial charge in [-0.3, -0.25) is 9.59 Å². The Labute approximate surface area is 177 Å². The highest BCUT2D eigenvalue weighted by molar-refractivity contribution is 6.30. The van der Waals surface area contributed by atoms with E-state index in [1.165, 1.54) is 0 Å². The van der Waals surface area contributed by atoms with Crippen LogP contribution in [0, 0.1) is 5.41 Å². The predicted molar refractivity (Wildman–Crippen MR) is 114 cm³/mol. The zero-order valence-corrected chi connectivity index (χ0v) is 17.9. The minimum absolute atomic E-state index is 0.0407. The molecule has 5 nitrogen and oxygen atoms in total. The lowest BCUT2D eigenvalue weighted by Crippen LogP contribution is -2.53. The Kier molecular flexibility index (Phi) is 6.48. The van der Waals surface area contributed by atoms with E-state index in [2.05, 4.69) is 0 Å². The maximum atomic E-state index is 12.9. The van der Waals surface area contributed by atoms with Crippen LogP contribution in [-0.2, 0) is 11.4 Å². The number of carbonyl (C=O) groups excluding carboxylic acids is 2. The summed E-state index contributed by atoms with van der Waals surface area (Å²) < 4.78 is 5.83. The molecule has 0 atom stereocenters. The molecule has 29 heavy (non-hydrogen) atoms. The fraction of sp³-hybridized carbons (Fsp3) is 0.391. The Bertz CT molecular complexity index is 884. The summed E-state index contributed by atoms with van der Waals surface area (Å²) in [6.45, 7) is 8.33. The van der Waals surface area contributed by atoms with Crippen molar-refractivity contribution in [2.24, 2.45) is 5.41 Å². The standard InChI is InChI=1S/C23H27ClN2O3/c1-23(2,3)22(28)26-12-10-25(11-13-26)21(27)18-7-5-9-20(15-18)29-16-17-6-4-8-19(24)14-17/h4-9,14-15H,10-13,16H2,1-3H3. The second-order valence-electron chi connectivity index (χ2n) is 8.28. The highest BCUT2D eigenvalue weighted by Gasteiger charge is 2.31. The average Bonchev–Trinajstić information content (AvgIpc) is 2.71. The largest absolute Gasteiger partial charge is 0.489 e. The molecule has 0 unspecified atom stereocenters. The van der Waals surface area contributed by atoms with E-state index in [4.69, 9.17) is 16.3 Å². The van der Waals surface area contributed by atoms with E-state index in [1.54, 1.807) is 17.0 Å². The summed E-state index contributed by atoms with van der Waals surface area (Å²) in [6, 6.07) is 14.7. The molecule has 0 aliphatic carbocycles. The molecule has 1 heterocycles. The summed E-state index contributed by atoms with van der Waals surface area (Å²) in [4.78, 5) is 28.9. The molecule has 2 amide bonds. The van der Waals surface area contributed by atoms with Gasteiger partial charge in [-0.15, -0.1) is 0 Å². The molecule has 1 saturated heterocycles. The lowest BCUT2D eigenvalue weighted by atomic mass is 9.94. The quantitative estimate of drug-likeness (QED) is 0.751. The van der Waals surface area contributed by atoms with E-state index in [-0.39, 0.29) is 11.8 Å². The number of hydrogen-bond acceptors (Lipinski definition) is 3. The van der Waals surface area contributed by atoms with Crippen LogP contribution in [0.5, 0.6) is 5.75 Å². The first kappa shape index (κ1) is 21.2. The Morgan fingerprint density at radius 2 is 1.62 bits per heavy atom. The number of amides is 2. The van der Waals surface area contributed by atoms with Crippen molar-refractivity contribution in [3.63, 3.8) is 0 Å². The van der Waals surface area contributed by atoms with Crippen LogP contribution >= 0.6 is 11.6 Å². The molecular weight excluding hydrogens is 388 g/mol. The molecule has 0 N–H and O–H groups in total. The van der Waals surface area contributed by atoms with Gasteiger partial charge in [0.2, 0.25) is 5.91 Å². The Morgan fingerprint density at radius 3 is 2.28 bits per heavy atom. The maximum absolute atomic E-state index is 12.9. The SMILES string of the molecule is CC(C)(C)C(=O)N1CCN(C(=O)c2cccc(OCc3cccc(Cl)c3)c2)CC1. The number of halogens is 1. The van der Waals surface area contributed by atoms with E-state index in [0.717, 1.165) is 5.56 Å². The number of carbonyl (C=O) groups is 2. The summed E-state index contributed by atoms with van der Waals surface area (Å²) in [6.07, 6.45) is 0. The fourth-order valence-corrected chi connectivity index (χ4v) is 3.49. The van der Waals surface area contributed by atoms with Gasteiger partial charge in [0.15, 0.2) is 0 Å². The van der Waals surface area contributed by atoms with E-state index >= 15 is 0 Å². The monoisotopic (exact) mass is 414 g/mol. The van der Waals surface area contributed by atoms with Crippen molar-refractivity contribution in [2.75, 3.05) is 26.2 Å². The van der Waals surface area contributed by atoms with Crippen LogP contribution in [0.25, 0.3) is 0 Å². The number of nitrogens with zero attached hydrogens (tertiary/aromatic N) is 2. The first-order chi connectivity index (χ1) is 13.7. The van der Waals surface area contributed by atoms with Crippen molar-refractivity contribution in [1.29, 1.82) is 0 Å². The molecule has 2 aromatic rings. The van der Waals surface area contributed by atoms with E-state index < -0.39 is 5.41 Å². The van der Waals surface area contributed by atoms with Crippen LogP contribution in [0.1, 0.15) is 36.7 Å². The zero-order chi connectivity index (χ0) is 21.0. The lowest BCUT2D eigenvalue weighted by Gasteiger charge is -2.37. The Morgan fingerprint density at radius 1 is 0.966 bits per heavy atom. The van der Waals surface area contributed by atoms with Crippen LogP contribution in [-0.4, -0.2) is 47.8 Å². The molecule has 154 valence electrons. The van der Waals surface area contributed by atoms with Gasteiger partial charge >= 0.3 is 0 Å². The van der Waals surface area contributed by atoms with E-state index in [0.29, 0.717) is 49.1 Å². The first-order valence-corrected chi connectivity index (χ1v) is 10.2. The number of hydrogen-bond donors (Lipinski definition) is 0. The summed E-state index contributed by atoms with van der Waals surface area (Å²) in [5.41, 5.74) is 1.15. The van der Waals surface area contributed by atoms with Crippen molar-refractivity contribution in [2.45, 2.75) is 27.4 Å². The summed E-state index contributed by atoms with van der Waals surface area (Å²) in [5.74, 6) is 0.722. The third-order valence-electron chi connectivity index (χ3n) is 4.87. The number of ether oxygens (including phenoxy) is 1. The molecule has 1 aliphatic rings. The van der Waals surface area contributed by atoms with Crippen LogP contribution in [0.15, 0.2) is 48.5 Å². The van der Waals surface area contributed by atoms with Crippen LogP contribution in [0.3, 0.4) is 0 Å². The van der Waals surface area contributed by atoms with Gasteiger partial charge in [-0.2, -0.15) is 0 Å². The van der Waals surface area contributed by atoms with E-state index in [1.807, 2.05) is 62.1 Å². The third-order valence-corrected chi connectivity index (χ3v) is 5.11. The van der Waals surface area contributed by atoms with E-state index in [9.17, 15) is 9.59 Å². The first-order valence-electron chi connectivity index (χ1n) is 9.80. The predicted octanol–water partition coefficient (Wildman–Crippen LogP) is 4.25. The molecule has 0 saturated carbocycles. The molecule has 1 aliphatic heterocycles. The van der Waals surface area contributed by atoms with Gasteiger partial charge in [0.1, 0.15) is 12.4 Å². The van der Waals surface area contributed by atoms with Crippen molar-refractivity contribution >= 4 is 23.4 Å². The van der Waals surface area contributed by atoms with Crippen molar-refractivity contribution in [3.05, 3.63) is 64.7 Å². The summed E-state index contributed by atoms with van der Waals surface area (Å²) in [7, 11) is 0. The smallest absolute Gasteiger partial charge is 0.254 e. The minimum atomic E-state index is -0.402. The molecule has 0 bridgehead atoms. The molecule has 1 fully saturated rings. The van der Waals surface area contributed by atoms with Gasteiger partial charge in [0, 0.05) is 42.2 Å². The topological polar surface area (TPSA) is 49.9 Å². The highest BCUT2D eigenvalue weighted by atomic mass is 35.5. The highest BCUT2D eigenvalue weighted by Crippen LogP contribution is 2.21. The lowest BCUT2D eigenvalue weighted by molar-refractivity contribution is -0.140. The Hall–Kier alpha value is -2.53. The number of piperazine rings is 1. The van der Waals surface area contributed by atoms with Gasteiger partial charge in [0.05, 0.1) is 0 Å². The fourth-order valence-electron chi connectivity index (χ4n) is 3.28. The maximum Gasteiger partial charge on any atom is 0.254 e. The molecule has 3 rings (SSSR count). The molecule has 2 aromatic carbocycles. The number of rotatable bonds is 4. The molecule has 6 heteroatoms. The van der Waals surface area contributed by atoms with Crippen molar-refractivity contribution < 1.29 is 14.3 Å². The molecule has 0 radical (unpaired) electrons. The summed E-state index contributed by atoms with van der Waals surface area (Å²) >= 11 is 6.00. The average molecular weight is 415 g/mol. The van der Waals surface area contributed by atoms with Gasteiger partial charge in [-0.05, 0) is 35.9 Å². The van der Waals surface area contributed by atoms with Gasteiger partial charge < -0.3 is 14.5 Å². The third kappa shape index (κ3) is 5.51. The van der Waals surface area contributed by atoms with Gasteiger partial charge in [-0.1, -0.05) is 50.6 Å². The molecular formula is C23H27ClN2O3.